The Morgan fingerprint density at radius 3 is 1.95 bits per heavy atom. The molecule has 334 valence electrons. The standard InChI is InChI=1S/C48H71N3O4S.C4H10/c1-45(2,3)49-43(53)42-33-48(10)30-20-19-22-37(48)34-50(42)35-38(52)29-28-36-21-17-18-27-41(36)44(54)51(46(4,5)6)31-32-55-56(47(7,8)9,39-23-13-11-14-24-39)40-25-15-12-16-26-40;1-4(2)3/h11-18,21,23-27,37-38,42,52H,19-20,22,28-35H2,1-10H3,(H,49,53);4H,1-3H3/t37-,38?,42?,48+;/m1./s1. The van der Waals surface area contributed by atoms with Gasteiger partial charge in [-0.15, -0.1) is 0 Å². The van der Waals surface area contributed by atoms with Crippen LogP contribution in [0.5, 0.6) is 0 Å². The normalized spacial score (nSPS) is 21.0. The van der Waals surface area contributed by atoms with E-state index in [9.17, 15) is 14.7 Å². The van der Waals surface area contributed by atoms with Gasteiger partial charge in [0.2, 0.25) is 5.91 Å². The molecule has 2 fully saturated rings. The molecule has 2 amide bonds. The average Bonchev–Trinajstić information content (AvgIpc) is 3.15. The van der Waals surface area contributed by atoms with Gasteiger partial charge in [0.05, 0.1) is 18.8 Å². The van der Waals surface area contributed by atoms with Crippen molar-refractivity contribution < 1.29 is 18.9 Å². The summed E-state index contributed by atoms with van der Waals surface area (Å²) in [6.07, 6.45) is 6.05. The fourth-order valence-corrected chi connectivity index (χ4v) is 12.8. The molecule has 8 heteroatoms. The smallest absolute Gasteiger partial charge is 0.254 e. The maximum atomic E-state index is 14.6. The molecule has 0 radical (unpaired) electrons. The molecular formula is C52H81N3O4S. The van der Waals surface area contributed by atoms with Crippen LogP contribution in [0.25, 0.3) is 0 Å². The van der Waals surface area contributed by atoms with Gasteiger partial charge in [-0.05, 0) is 148 Å². The van der Waals surface area contributed by atoms with E-state index in [0.717, 1.165) is 40.7 Å². The van der Waals surface area contributed by atoms with Crippen molar-refractivity contribution in [1.29, 1.82) is 0 Å². The molecule has 1 saturated heterocycles. The molecule has 1 aliphatic heterocycles. The maximum Gasteiger partial charge on any atom is 0.254 e. The predicted octanol–water partition coefficient (Wildman–Crippen LogP) is 11.7. The van der Waals surface area contributed by atoms with Gasteiger partial charge in [-0.2, -0.15) is 0 Å². The minimum Gasteiger partial charge on any atom is -0.392 e. The first-order valence-corrected chi connectivity index (χ1v) is 24.3. The number of aliphatic hydroxyl groups is 1. The number of piperidine rings is 1. The number of carbonyl (C=O) groups is 2. The highest BCUT2D eigenvalue weighted by Gasteiger charge is 2.48. The van der Waals surface area contributed by atoms with E-state index in [4.69, 9.17) is 4.18 Å². The Balaban J connectivity index is 0.00000190. The van der Waals surface area contributed by atoms with E-state index < -0.39 is 22.0 Å². The molecule has 7 nitrogen and oxygen atoms in total. The number of hydrogen-bond acceptors (Lipinski definition) is 5. The van der Waals surface area contributed by atoms with E-state index in [1.54, 1.807) is 0 Å². The molecule has 0 bridgehead atoms. The second-order valence-electron chi connectivity index (χ2n) is 21.3. The SMILES string of the molecule is CC(C)(C)NC(=O)C1C[C@]2(C)CCCC[C@@H]2CN1CC(O)CCc1ccccc1C(=O)N(CCOS(c1ccccc1)(c1ccccc1)C(C)(C)C)C(C)(C)C.CC(C)C. The number of likely N-dealkylation sites (tertiary alicyclic amines) is 1. The van der Waals surface area contributed by atoms with Crippen LogP contribution >= 0.6 is 10.3 Å². The first kappa shape index (κ1) is 49.5. The number of benzene rings is 3. The molecule has 0 spiro atoms. The molecule has 3 aromatic carbocycles. The summed E-state index contributed by atoms with van der Waals surface area (Å²) in [6, 6.07) is 28.7. The third-order valence-corrected chi connectivity index (χ3v) is 16.1. The zero-order chi connectivity index (χ0) is 44.5. The minimum atomic E-state index is -1.96. The van der Waals surface area contributed by atoms with Crippen molar-refractivity contribution in [3.63, 3.8) is 0 Å². The molecule has 0 aromatic heterocycles. The Hall–Kier alpha value is -3.17. The predicted molar refractivity (Wildman–Crippen MR) is 253 cm³/mol. The van der Waals surface area contributed by atoms with Gasteiger partial charge in [0.15, 0.2) is 0 Å². The van der Waals surface area contributed by atoms with Gasteiger partial charge in [0, 0.05) is 50.8 Å². The highest BCUT2D eigenvalue weighted by molar-refractivity contribution is 8.31. The number of nitrogens with zero attached hydrogens (tertiary/aromatic N) is 2. The summed E-state index contributed by atoms with van der Waals surface area (Å²) in [5, 5.41) is 14.8. The molecule has 1 saturated carbocycles. The summed E-state index contributed by atoms with van der Waals surface area (Å²) in [4.78, 5) is 34.9. The first-order chi connectivity index (χ1) is 28.0. The highest BCUT2D eigenvalue weighted by atomic mass is 32.3. The molecule has 3 aromatic rings. The van der Waals surface area contributed by atoms with Crippen LogP contribution in [0.3, 0.4) is 0 Å². The minimum absolute atomic E-state index is 0.0338. The molecule has 1 aliphatic carbocycles. The Bertz CT molecular complexity index is 1750. The zero-order valence-corrected chi connectivity index (χ0v) is 40.5. The van der Waals surface area contributed by atoms with Crippen LogP contribution in [0.2, 0.25) is 0 Å². The van der Waals surface area contributed by atoms with Crippen LogP contribution in [-0.4, -0.2) is 80.9 Å². The number of aliphatic hydroxyl groups excluding tert-OH is 1. The van der Waals surface area contributed by atoms with Crippen LogP contribution in [0.4, 0.5) is 0 Å². The summed E-state index contributed by atoms with van der Waals surface area (Å²) in [7, 11) is -1.96. The second kappa shape index (κ2) is 20.8. The highest BCUT2D eigenvalue weighted by Crippen LogP contribution is 2.71. The number of amides is 2. The number of β-amino-alcohol motifs (C(OH)–C–C–N with tert-alkyl or cyclic N) is 1. The van der Waals surface area contributed by atoms with E-state index in [1.165, 1.54) is 19.3 Å². The quantitative estimate of drug-likeness (QED) is 0.179. The summed E-state index contributed by atoms with van der Waals surface area (Å²) < 4.78 is 6.95. The van der Waals surface area contributed by atoms with Gasteiger partial charge >= 0.3 is 0 Å². The number of aryl methyl sites for hydroxylation is 1. The van der Waals surface area contributed by atoms with Crippen molar-refractivity contribution in [3.8, 4) is 0 Å². The number of carbonyl (C=O) groups excluding carboxylic acids is 2. The van der Waals surface area contributed by atoms with Gasteiger partial charge in [-0.3, -0.25) is 14.5 Å². The van der Waals surface area contributed by atoms with Crippen LogP contribution in [0, 0.1) is 17.3 Å². The molecule has 5 rings (SSSR count). The van der Waals surface area contributed by atoms with Crippen LogP contribution in [0.1, 0.15) is 144 Å². The van der Waals surface area contributed by atoms with Crippen molar-refractivity contribution in [2.75, 3.05) is 26.2 Å². The Labute approximate surface area is 367 Å². The zero-order valence-electron chi connectivity index (χ0n) is 39.6. The third-order valence-electron chi connectivity index (χ3n) is 12.0. The lowest BCUT2D eigenvalue weighted by Crippen LogP contribution is -2.61. The van der Waals surface area contributed by atoms with Crippen molar-refractivity contribution in [3.05, 3.63) is 96.1 Å². The topological polar surface area (TPSA) is 82.1 Å². The molecular weight excluding hydrogens is 763 g/mol. The number of nitrogens with one attached hydrogen (secondary N) is 1. The molecule has 1 heterocycles. The number of hydrogen-bond donors (Lipinski definition) is 2. The summed E-state index contributed by atoms with van der Waals surface area (Å²) in [5.41, 5.74) is 0.956. The van der Waals surface area contributed by atoms with Crippen LogP contribution < -0.4 is 5.32 Å². The molecule has 2 N–H and O–H groups in total. The largest absolute Gasteiger partial charge is 0.392 e. The monoisotopic (exact) mass is 844 g/mol. The van der Waals surface area contributed by atoms with Crippen molar-refractivity contribution in [2.45, 2.75) is 173 Å². The lowest BCUT2D eigenvalue weighted by Gasteiger charge is -2.52. The fraction of sp³-hybridized carbons (Fsp3) is 0.615. The van der Waals surface area contributed by atoms with Gasteiger partial charge in [0.1, 0.15) is 0 Å². The van der Waals surface area contributed by atoms with Crippen LogP contribution in [0.15, 0.2) is 94.7 Å². The summed E-state index contributed by atoms with van der Waals surface area (Å²) in [6.45, 7) is 30.0. The van der Waals surface area contributed by atoms with Crippen molar-refractivity contribution in [2.24, 2.45) is 17.3 Å². The third kappa shape index (κ3) is 12.9. The maximum absolute atomic E-state index is 14.6. The van der Waals surface area contributed by atoms with E-state index in [1.807, 2.05) is 62.1 Å². The second-order valence-corrected chi connectivity index (χ2v) is 24.9. The lowest BCUT2D eigenvalue weighted by molar-refractivity contribution is -0.135. The number of fused-ring (bicyclic) bond motifs is 1. The van der Waals surface area contributed by atoms with E-state index in [-0.39, 0.29) is 33.6 Å². The van der Waals surface area contributed by atoms with Gasteiger partial charge in [0.25, 0.3) is 5.91 Å². The first-order valence-electron chi connectivity index (χ1n) is 22.7. The summed E-state index contributed by atoms with van der Waals surface area (Å²) >= 11 is 0. The van der Waals surface area contributed by atoms with Gasteiger partial charge < -0.3 is 19.5 Å². The number of rotatable bonds is 13. The van der Waals surface area contributed by atoms with Crippen molar-refractivity contribution >= 4 is 22.1 Å². The average molecular weight is 844 g/mol. The molecule has 4 atom stereocenters. The fourth-order valence-electron chi connectivity index (χ4n) is 9.10. The Morgan fingerprint density at radius 1 is 0.867 bits per heavy atom. The Kier molecular flexibility index (Phi) is 17.2. The molecule has 2 unspecified atom stereocenters. The van der Waals surface area contributed by atoms with Crippen molar-refractivity contribution in [1.82, 2.24) is 15.1 Å². The van der Waals surface area contributed by atoms with E-state index in [0.29, 0.717) is 44.0 Å². The summed E-state index contributed by atoms with van der Waals surface area (Å²) in [5.74, 6) is 1.39. The molecule has 2 aliphatic rings. The lowest BCUT2D eigenvalue weighted by atomic mass is 9.62. The van der Waals surface area contributed by atoms with E-state index >= 15 is 0 Å². The van der Waals surface area contributed by atoms with E-state index in [2.05, 4.69) is 128 Å². The molecule has 60 heavy (non-hydrogen) atoms. The van der Waals surface area contributed by atoms with Crippen LogP contribution in [-0.2, 0) is 15.4 Å². The van der Waals surface area contributed by atoms with Gasteiger partial charge in [-0.25, -0.2) is 0 Å². The Morgan fingerprint density at radius 2 is 1.42 bits per heavy atom. The van der Waals surface area contributed by atoms with Gasteiger partial charge in [-0.1, -0.05) is 105 Å².